The number of pyridine rings is 1. The summed E-state index contributed by atoms with van der Waals surface area (Å²) in [6.07, 6.45) is 6.34. The standard InChI is InChI=1S/C16H21N3/c1-11(2)16(6-7-16)10-19-15-4-3-14(17)13-9-18-8-5-12(13)15/h3-5,8-9,11,19H,6-7,10,17H2,1-2H3. The lowest BCUT2D eigenvalue weighted by Gasteiger charge is -2.21. The average Bonchev–Trinajstić information content (AvgIpc) is 3.20. The van der Waals surface area contributed by atoms with Crippen LogP contribution in [0, 0.1) is 11.3 Å². The molecule has 1 aromatic carbocycles. The van der Waals surface area contributed by atoms with E-state index in [1.165, 1.54) is 18.5 Å². The summed E-state index contributed by atoms with van der Waals surface area (Å²) in [6.45, 7) is 5.69. The molecule has 3 rings (SSSR count). The summed E-state index contributed by atoms with van der Waals surface area (Å²) in [5, 5.41) is 5.81. The van der Waals surface area contributed by atoms with Gasteiger partial charge in [-0.3, -0.25) is 4.98 Å². The molecule has 0 unspecified atom stereocenters. The number of nitrogen functional groups attached to an aromatic ring is 1. The topological polar surface area (TPSA) is 50.9 Å². The summed E-state index contributed by atoms with van der Waals surface area (Å²) in [7, 11) is 0. The van der Waals surface area contributed by atoms with Crippen molar-refractivity contribution in [2.45, 2.75) is 26.7 Å². The maximum absolute atomic E-state index is 6.00. The van der Waals surface area contributed by atoms with E-state index in [9.17, 15) is 0 Å². The van der Waals surface area contributed by atoms with E-state index >= 15 is 0 Å². The Balaban J connectivity index is 1.88. The molecular weight excluding hydrogens is 234 g/mol. The summed E-state index contributed by atoms with van der Waals surface area (Å²) in [6, 6.07) is 6.07. The molecule has 0 amide bonds. The summed E-state index contributed by atoms with van der Waals surface area (Å²) in [4.78, 5) is 4.16. The Hall–Kier alpha value is -1.77. The van der Waals surface area contributed by atoms with E-state index in [1.807, 2.05) is 24.5 Å². The lowest BCUT2D eigenvalue weighted by atomic mass is 9.92. The molecule has 1 aliphatic carbocycles. The normalized spacial score (nSPS) is 16.8. The van der Waals surface area contributed by atoms with Gasteiger partial charge < -0.3 is 11.1 Å². The third kappa shape index (κ3) is 2.14. The molecule has 0 spiro atoms. The minimum absolute atomic E-state index is 0.501. The fourth-order valence-electron chi connectivity index (χ4n) is 2.76. The van der Waals surface area contributed by atoms with Crippen molar-refractivity contribution in [3.05, 3.63) is 30.6 Å². The van der Waals surface area contributed by atoms with Gasteiger partial charge in [-0.25, -0.2) is 0 Å². The third-order valence-electron chi connectivity index (χ3n) is 4.60. The van der Waals surface area contributed by atoms with E-state index in [4.69, 9.17) is 5.73 Å². The Morgan fingerprint density at radius 3 is 2.74 bits per heavy atom. The monoisotopic (exact) mass is 255 g/mol. The number of nitrogens with two attached hydrogens (primary N) is 1. The van der Waals surface area contributed by atoms with E-state index in [-0.39, 0.29) is 0 Å². The highest BCUT2D eigenvalue weighted by Crippen LogP contribution is 2.51. The lowest BCUT2D eigenvalue weighted by Crippen LogP contribution is -2.21. The summed E-state index contributed by atoms with van der Waals surface area (Å²) in [5.41, 5.74) is 8.46. The van der Waals surface area contributed by atoms with Crippen molar-refractivity contribution in [3.63, 3.8) is 0 Å². The molecule has 0 saturated heterocycles. The van der Waals surface area contributed by atoms with Gasteiger partial charge >= 0.3 is 0 Å². The first kappa shape index (κ1) is 12.3. The lowest BCUT2D eigenvalue weighted by molar-refractivity contribution is 0.380. The number of anilines is 2. The molecule has 1 saturated carbocycles. The first-order valence-electron chi connectivity index (χ1n) is 6.98. The van der Waals surface area contributed by atoms with Crippen LogP contribution in [0.15, 0.2) is 30.6 Å². The van der Waals surface area contributed by atoms with Crippen LogP contribution in [0.1, 0.15) is 26.7 Å². The molecule has 1 aromatic heterocycles. The maximum Gasteiger partial charge on any atom is 0.0422 e. The first-order chi connectivity index (χ1) is 9.12. The molecule has 0 radical (unpaired) electrons. The van der Waals surface area contributed by atoms with Gasteiger partial charge in [-0.2, -0.15) is 0 Å². The SMILES string of the molecule is CC(C)C1(CNc2ccc(N)c3cnccc23)CC1. The number of nitrogens with one attached hydrogen (secondary N) is 1. The summed E-state index contributed by atoms with van der Waals surface area (Å²) >= 11 is 0. The van der Waals surface area contributed by atoms with Crippen LogP contribution < -0.4 is 11.1 Å². The van der Waals surface area contributed by atoms with Gasteiger partial charge in [0.2, 0.25) is 0 Å². The van der Waals surface area contributed by atoms with E-state index in [0.29, 0.717) is 5.41 Å². The van der Waals surface area contributed by atoms with Crippen molar-refractivity contribution in [1.82, 2.24) is 4.98 Å². The number of benzene rings is 1. The van der Waals surface area contributed by atoms with Crippen LogP contribution in [-0.4, -0.2) is 11.5 Å². The molecule has 1 fully saturated rings. The van der Waals surface area contributed by atoms with Crippen LogP contribution in [0.4, 0.5) is 11.4 Å². The zero-order valence-electron chi connectivity index (χ0n) is 11.6. The molecule has 0 bridgehead atoms. The van der Waals surface area contributed by atoms with Crippen molar-refractivity contribution in [1.29, 1.82) is 0 Å². The van der Waals surface area contributed by atoms with Gasteiger partial charge in [0.25, 0.3) is 0 Å². The first-order valence-corrected chi connectivity index (χ1v) is 6.98. The van der Waals surface area contributed by atoms with Crippen LogP contribution in [-0.2, 0) is 0 Å². The highest BCUT2D eigenvalue weighted by Gasteiger charge is 2.44. The molecule has 3 nitrogen and oxygen atoms in total. The van der Waals surface area contributed by atoms with Crippen LogP contribution in [0.25, 0.3) is 10.8 Å². The van der Waals surface area contributed by atoms with Gasteiger partial charge in [-0.15, -0.1) is 0 Å². The predicted octanol–water partition coefficient (Wildman–Crippen LogP) is 3.67. The van der Waals surface area contributed by atoms with Gasteiger partial charge in [0, 0.05) is 41.1 Å². The second-order valence-electron chi connectivity index (χ2n) is 5.99. The van der Waals surface area contributed by atoms with Crippen molar-refractivity contribution >= 4 is 22.1 Å². The number of hydrogen-bond acceptors (Lipinski definition) is 3. The van der Waals surface area contributed by atoms with Crippen molar-refractivity contribution in [2.24, 2.45) is 11.3 Å². The fraction of sp³-hybridized carbons (Fsp3) is 0.438. The second kappa shape index (κ2) is 4.41. The van der Waals surface area contributed by atoms with Gasteiger partial charge in [0.15, 0.2) is 0 Å². The second-order valence-corrected chi connectivity index (χ2v) is 5.99. The van der Waals surface area contributed by atoms with Gasteiger partial charge in [0.05, 0.1) is 0 Å². The molecule has 2 aromatic rings. The van der Waals surface area contributed by atoms with E-state index in [1.54, 1.807) is 0 Å². The molecule has 3 N–H and O–H groups in total. The van der Waals surface area contributed by atoms with Crippen LogP contribution in [0.2, 0.25) is 0 Å². The number of hydrogen-bond donors (Lipinski definition) is 2. The predicted molar refractivity (Wildman–Crippen MR) is 81.2 cm³/mol. The Labute approximate surface area is 114 Å². The van der Waals surface area contributed by atoms with E-state index < -0.39 is 0 Å². The van der Waals surface area contributed by atoms with Crippen LogP contribution in [0.5, 0.6) is 0 Å². The van der Waals surface area contributed by atoms with Crippen molar-refractivity contribution < 1.29 is 0 Å². The van der Waals surface area contributed by atoms with Gasteiger partial charge in [-0.05, 0) is 42.4 Å². The Kier molecular flexibility index (Phi) is 2.85. The molecule has 1 heterocycles. The minimum atomic E-state index is 0.501. The Morgan fingerprint density at radius 1 is 1.26 bits per heavy atom. The quantitative estimate of drug-likeness (QED) is 0.820. The van der Waals surface area contributed by atoms with Crippen LogP contribution in [0.3, 0.4) is 0 Å². The molecular formula is C16H21N3. The average molecular weight is 255 g/mol. The molecule has 19 heavy (non-hydrogen) atoms. The number of fused-ring (bicyclic) bond motifs is 1. The molecule has 0 aliphatic heterocycles. The summed E-state index contributed by atoms with van der Waals surface area (Å²) < 4.78 is 0. The zero-order chi connectivity index (χ0) is 13.5. The van der Waals surface area contributed by atoms with E-state index in [2.05, 4.69) is 30.2 Å². The van der Waals surface area contributed by atoms with Gasteiger partial charge in [-0.1, -0.05) is 13.8 Å². The van der Waals surface area contributed by atoms with Gasteiger partial charge in [0.1, 0.15) is 0 Å². The number of nitrogens with zero attached hydrogens (tertiary/aromatic N) is 1. The maximum atomic E-state index is 6.00. The molecule has 1 aliphatic rings. The largest absolute Gasteiger partial charge is 0.398 e. The zero-order valence-corrected chi connectivity index (χ0v) is 11.6. The smallest absolute Gasteiger partial charge is 0.0422 e. The van der Waals surface area contributed by atoms with Crippen molar-refractivity contribution in [2.75, 3.05) is 17.6 Å². The third-order valence-corrected chi connectivity index (χ3v) is 4.60. The van der Waals surface area contributed by atoms with Crippen LogP contribution >= 0.6 is 0 Å². The highest BCUT2D eigenvalue weighted by atomic mass is 14.9. The highest BCUT2D eigenvalue weighted by molar-refractivity contribution is 6.00. The number of rotatable bonds is 4. The summed E-state index contributed by atoms with van der Waals surface area (Å²) in [5.74, 6) is 0.738. The molecule has 0 atom stereocenters. The Bertz CT molecular complexity index is 600. The number of aromatic nitrogens is 1. The van der Waals surface area contributed by atoms with E-state index in [0.717, 1.165) is 28.9 Å². The molecule has 3 heteroatoms. The minimum Gasteiger partial charge on any atom is -0.398 e. The molecule has 100 valence electrons. The van der Waals surface area contributed by atoms with Crippen molar-refractivity contribution in [3.8, 4) is 0 Å². The fourth-order valence-corrected chi connectivity index (χ4v) is 2.76. The Morgan fingerprint density at radius 2 is 2.05 bits per heavy atom.